The molecule has 0 fully saturated rings. The lowest BCUT2D eigenvalue weighted by atomic mass is 10.2. The highest BCUT2D eigenvalue weighted by molar-refractivity contribution is 5.92. The number of carbonyl (C=O) groups is 2. The second kappa shape index (κ2) is 10.0. The molecule has 0 aliphatic rings. The molecule has 0 saturated carbocycles. The van der Waals surface area contributed by atoms with E-state index in [9.17, 15) is 22.8 Å². The number of rotatable bonds is 9. The number of ether oxygens (including phenoxy) is 1. The number of carbonyl (C=O) groups excluding carboxylic acids is 2. The van der Waals surface area contributed by atoms with Gasteiger partial charge in [-0.05, 0) is 44.7 Å². The van der Waals surface area contributed by atoms with Gasteiger partial charge < -0.3 is 15.4 Å². The lowest BCUT2D eigenvalue weighted by Crippen LogP contribution is -2.41. The lowest BCUT2D eigenvalue weighted by molar-refractivity contribution is -0.274. The van der Waals surface area contributed by atoms with Crippen molar-refractivity contribution in [2.45, 2.75) is 39.1 Å². The number of benzene rings is 1. The summed E-state index contributed by atoms with van der Waals surface area (Å²) >= 11 is 0. The largest absolute Gasteiger partial charge is 0.573 e. The normalized spacial score (nSPS) is 12.6. The number of hydrogen-bond acceptors (Lipinski definition) is 4. The van der Waals surface area contributed by atoms with Crippen molar-refractivity contribution in [3.05, 3.63) is 24.3 Å². The summed E-state index contributed by atoms with van der Waals surface area (Å²) in [6.07, 6.45) is -2.92. The first-order chi connectivity index (χ1) is 12.1. The van der Waals surface area contributed by atoms with Gasteiger partial charge in [-0.25, -0.2) is 0 Å². The van der Waals surface area contributed by atoms with Crippen LogP contribution in [0.3, 0.4) is 0 Å². The number of nitrogens with one attached hydrogen (secondary N) is 2. The quantitative estimate of drug-likeness (QED) is 0.696. The van der Waals surface area contributed by atoms with Crippen LogP contribution >= 0.6 is 0 Å². The topological polar surface area (TPSA) is 70.7 Å². The van der Waals surface area contributed by atoms with Crippen LogP contribution in [0.5, 0.6) is 5.75 Å². The first-order valence-corrected chi connectivity index (χ1v) is 8.22. The Morgan fingerprint density at radius 3 is 2.27 bits per heavy atom. The van der Waals surface area contributed by atoms with Gasteiger partial charge in [-0.3, -0.25) is 14.5 Å². The molecule has 0 aromatic heterocycles. The molecule has 1 rings (SSSR count). The molecule has 0 saturated heterocycles. The van der Waals surface area contributed by atoms with Crippen molar-refractivity contribution < 1.29 is 27.5 Å². The van der Waals surface area contributed by atoms with Crippen LogP contribution in [0.2, 0.25) is 0 Å². The second-order valence-electron chi connectivity index (χ2n) is 6.05. The van der Waals surface area contributed by atoms with E-state index in [0.29, 0.717) is 5.69 Å². The van der Waals surface area contributed by atoms with Gasteiger partial charge in [0.05, 0.1) is 13.1 Å². The highest BCUT2D eigenvalue weighted by Gasteiger charge is 2.30. The molecule has 0 aliphatic carbocycles. The Morgan fingerprint density at radius 2 is 1.73 bits per heavy atom. The molecule has 146 valence electrons. The molecule has 0 unspecified atom stereocenters. The van der Waals surface area contributed by atoms with E-state index < -0.39 is 6.36 Å². The van der Waals surface area contributed by atoms with E-state index in [1.165, 1.54) is 12.1 Å². The van der Waals surface area contributed by atoms with Crippen molar-refractivity contribution in [2.24, 2.45) is 0 Å². The fourth-order valence-corrected chi connectivity index (χ4v) is 2.31. The van der Waals surface area contributed by atoms with E-state index in [1.54, 1.807) is 11.9 Å². The molecule has 1 atom stereocenters. The van der Waals surface area contributed by atoms with Gasteiger partial charge in [0.1, 0.15) is 5.75 Å². The predicted octanol–water partition coefficient (Wildman–Crippen LogP) is 2.76. The minimum Gasteiger partial charge on any atom is -0.406 e. The van der Waals surface area contributed by atoms with Crippen molar-refractivity contribution in [1.29, 1.82) is 0 Å². The van der Waals surface area contributed by atoms with E-state index in [1.807, 2.05) is 13.8 Å². The maximum atomic E-state index is 12.1. The fourth-order valence-electron chi connectivity index (χ4n) is 2.31. The number of likely N-dealkylation sites (N-methyl/N-ethyl adjacent to an activating group) is 1. The summed E-state index contributed by atoms with van der Waals surface area (Å²) in [6, 6.07) is 4.90. The first kappa shape index (κ1) is 21.8. The summed E-state index contributed by atoms with van der Waals surface area (Å²) in [5.41, 5.74) is 0.332. The molecule has 9 heteroatoms. The summed E-state index contributed by atoms with van der Waals surface area (Å²) < 4.78 is 40.0. The average Bonchev–Trinajstić information content (AvgIpc) is 2.47. The fraction of sp³-hybridized carbons (Fsp3) is 0.529. The molecule has 0 bridgehead atoms. The van der Waals surface area contributed by atoms with Crippen LogP contribution in [0.25, 0.3) is 0 Å². The monoisotopic (exact) mass is 375 g/mol. The molecule has 1 aromatic carbocycles. The summed E-state index contributed by atoms with van der Waals surface area (Å²) in [6.45, 7) is 3.98. The van der Waals surface area contributed by atoms with E-state index in [-0.39, 0.29) is 36.7 Å². The number of alkyl halides is 3. The lowest BCUT2D eigenvalue weighted by Gasteiger charge is -2.18. The van der Waals surface area contributed by atoms with Gasteiger partial charge in [-0.2, -0.15) is 0 Å². The number of hydrogen-bond donors (Lipinski definition) is 2. The van der Waals surface area contributed by atoms with Crippen LogP contribution in [0.4, 0.5) is 18.9 Å². The molecule has 0 heterocycles. The molecule has 0 spiro atoms. The maximum absolute atomic E-state index is 12.1. The van der Waals surface area contributed by atoms with Gasteiger partial charge in [0.25, 0.3) is 0 Å². The molecule has 0 aliphatic heterocycles. The Morgan fingerprint density at radius 1 is 1.15 bits per heavy atom. The van der Waals surface area contributed by atoms with Crippen molar-refractivity contribution in [2.75, 3.05) is 25.5 Å². The minimum absolute atomic E-state index is 0.0314. The number of anilines is 1. The van der Waals surface area contributed by atoms with Gasteiger partial charge in [-0.15, -0.1) is 13.2 Å². The zero-order valence-corrected chi connectivity index (χ0v) is 15.0. The standard InChI is InChI=1S/C17H24F3N3O3/c1-4-5-12(2)21-15(24)10-23(3)11-16(25)22-13-6-8-14(9-7-13)26-17(18,19)20/h6-9,12H,4-5,10-11H2,1-3H3,(H,21,24)(H,22,25)/t12-/m0/s1. The Kier molecular flexibility index (Phi) is 8.37. The summed E-state index contributed by atoms with van der Waals surface area (Å²) in [4.78, 5) is 25.3. The van der Waals surface area contributed by atoms with Crippen LogP contribution in [0.1, 0.15) is 26.7 Å². The Hall–Kier alpha value is -2.29. The van der Waals surface area contributed by atoms with Crippen LogP contribution in [-0.4, -0.2) is 49.3 Å². The summed E-state index contributed by atoms with van der Waals surface area (Å²) in [5.74, 6) is -0.924. The van der Waals surface area contributed by atoms with Crippen LogP contribution < -0.4 is 15.4 Å². The van der Waals surface area contributed by atoms with Crippen LogP contribution in [-0.2, 0) is 9.59 Å². The van der Waals surface area contributed by atoms with E-state index in [4.69, 9.17) is 0 Å². The van der Waals surface area contributed by atoms with Gasteiger partial charge in [0, 0.05) is 11.7 Å². The summed E-state index contributed by atoms with van der Waals surface area (Å²) in [5, 5.41) is 5.39. The summed E-state index contributed by atoms with van der Waals surface area (Å²) in [7, 11) is 1.63. The molecular weight excluding hydrogens is 351 g/mol. The van der Waals surface area contributed by atoms with Crippen LogP contribution in [0, 0.1) is 0 Å². The third-order valence-corrected chi connectivity index (χ3v) is 3.33. The van der Waals surface area contributed by atoms with Crippen LogP contribution in [0.15, 0.2) is 24.3 Å². The third kappa shape index (κ3) is 9.26. The van der Waals surface area contributed by atoms with E-state index >= 15 is 0 Å². The number of nitrogens with zero attached hydrogens (tertiary/aromatic N) is 1. The zero-order chi connectivity index (χ0) is 19.7. The molecule has 26 heavy (non-hydrogen) atoms. The molecule has 1 aromatic rings. The molecule has 2 amide bonds. The van der Waals surface area contributed by atoms with Gasteiger partial charge >= 0.3 is 6.36 Å². The van der Waals surface area contributed by atoms with Gasteiger partial charge in [0.2, 0.25) is 11.8 Å². The van der Waals surface area contributed by atoms with Gasteiger partial charge in [0.15, 0.2) is 0 Å². The van der Waals surface area contributed by atoms with Crippen molar-refractivity contribution in [3.63, 3.8) is 0 Å². The SMILES string of the molecule is CCC[C@H](C)NC(=O)CN(C)CC(=O)Nc1ccc(OC(F)(F)F)cc1. The van der Waals surface area contributed by atoms with Crippen molar-refractivity contribution in [1.82, 2.24) is 10.2 Å². The van der Waals surface area contributed by atoms with Crippen molar-refractivity contribution >= 4 is 17.5 Å². The Bertz CT molecular complexity index is 591. The Labute approximate surface area is 150 Å². The van der Waals surface area contributed by atoms with E-state index in [0.717, 1.165) is 25.0 Å². The number of amides is 2. The highest BCUT2D eigenvalue weighted by Crippen LogP contribution is 2.23. The highest BCUT2D eigenvalue weighted by atomic mass is 19.4. The molecular formula is C17H24F3N3O3. The third-order valence-electron chi connectivity index (χ3n) is 3.33. The zero-order valence-electron chi connectivity index (χ0n) is 15.0. The van der Waals surface area contributed by atoms with Gasteiger partial charge in [-0.1, -0.05) is 13.3 Å². The molecule has 0 radical (unpaired) electrons. The minimum atomic E-state index is -4.76. The second-order valence-corrected chi connectivity index (χ2v) is 6.05. The predicted molar refractivity (Wildman–Crippen MR) is 91.8 cm³/mol. The van der Waals surface area contributed by atoms with Crippen molar-refractivity contribution in [3.8, 4) is 5.75 Å². The average molecular weight is 375 g/mol. The molecule has 6 nitrogen and oxygen atoms in total. The van der Waals surface area contributed by atoms with E-state index in [2.05, 4.69) is 15.4 Å². The maximum Gasteiger partial charge on any atom is 0.573 e. The first-order valence-electron chi connectivity index (χ1n) is 8.22. The Balaban J connectivity index is 2.42. The number of halogens is 3. The smallest absolute Gasteiger partial charge is 0.406 e. The molecule has 2 N–H and O–H groups in total.